The Kier molecular flexibility index (Phi) is 2.31. The fourth-order valence-corrected chi connectivity index (χ4v) is 2.91. The zero-order valence-corrected chi connectivity index (χ0v) is 10.7. The van der Waals surface area contributed by atoms with Crippen molar-refractivity contribution in [3.8, 4) is 0 Å². The molecule has 1 fully saturated rings. The highest BCUT2D eigenvalue weighted by Crippen LogP contribution is 2.40. The molecule has 2 aliphatic rings. The Morgan fingerprint density at radius 1 is 1.16 bits per heavy atom. The molecule has 2 heterocycles. The van der Waals surface area contributed by atoms with Gasteiger partial charge in [0.05, 0.1) is 11.4 Å². The van der Waals surface area contributed by atoms with Crippen molar-refractivity contribution in [3.05, 3.63) is 47.2 Å². The van der Waals surface area contributed by atoms with Crippen LogP contribution >= 0.6 is 0 Å². The summed E-state index contributed by atoms with van der Waals surface area (Å²) in [6, 6.07) is 6.08. The molecule has 96 valence electrons. The van der Waals surface area contributed by atoms with Crippen molar-refractivity contribution in [3.63, 3.8) is 0 Å². The van der Waals surface area contributed by atoms with Crippen molar-refractivity contribution >= 4 is 5.82 Å². The molecular weight excluding hydrogens is 236 g/mol. The van der Waals surface area contributed by atoms with E-state index in [-0.39, 0.29) is 0 Å². The van der Waals surface area contributed by atoms with Gasteiger partial charge in [-0.15, -0.1) is 0 Å². The van der Waals surface area contributed by atoms with Gasteiger partial charge in [0.25, 0.3) is 0 Å². The Labute approximate surface area is 112 Å². The smallest absolute Gasteiger partial charge is 0.134 e. The largest absolute Gasteiger partial charge is 0.384 e. The quantitative estimate of drug-likeness (QED) is 0.891. The van der Waals surface area contributed by atoms with Crippen LogP contribution < -0.4 is 5.73 Å². The van der Waals surface area contributed by atoms with Gasteiger partial charge in [-0.3, -0.25) is 4.98 Å². The number of anilines is 1. The van der Waals surface area contributed by atoms with Gasteiger partial charge in [0.15, 0.2) is 0 Å². The minimum Gasteiger partial charge on any atom is -0.384 e. The third-order valence-electron chi connectivity index (χ3n) is 4.04. The van der Waals surface area contributed by atoms with Crippen LogP contribution in [0.2, 0.25) is 0 Å². The fourth-order valence-electron chi connectivity index (χ4n) is 2.91. The van der Waals surface area contributed by atoms with Crippen LogP contribution in [0.15, 0.2) is 24.4 Å². The monoisotopic (exact) mass is 252 g/mol. The molecule has 0 aromatic carbocycles. The van der Waals surface area contributed by atoms with E-state index in [1.807, 2.05) is 18.3 Å². The van der Waals surface area contributed by atoms with E-state index in [2.05, 4.69) is 16.0 Å². The van der Waals surface area contributed by atoms with Crippen molar-refractivity contribution in [2.45, 2.75) is 37.5 Å². The minimum atomic E-state index is 0.291. The first-order chi connectivity index (χ1) is 9.31. The Bertz CT molecular complexity index is 634. The summed E-state index contributed by atoms with van der Waals surface area (Å²) >= 11 is 0. The van der Waals surface area contributed by atoms with E-state index in [1.165, 1.54) is 24.1 Å². The van der Waals surface area contributed by atoms with Crippen LogP contribution in [0.4, 0.5) is 5.82 Å². The Hall–Kier alpha value is -1.97. The maximum Gasteiger partial charge on any atom is 0.134 e. The third kappa shape index (κ3) is 1.87. The predicted molar refractivity (Wildman–Crippen MR) is 72.8 cm³/mol. The number of aromatic nitrogens is 3. The van der Waals surface area contributed by atoms with Crippen LogP contribution in [0.25, 0.3) is 0 Å². The van der Waals surface area contributed by atoms with Gasteiger partial charge in [0.1, 0.15) is 11.6 Å². The van der Waals surface area contributed by atoms with E-state index in [0.717, 1.165) is 24.4 Å². The summed E-state index contributed by atoms with van der Waals surface area (Å²) in [5, 5.41) is 0. The molecule has 0 spiro atoms. The van der Waals surface area contributed by atoms with Crippen LogP contribution in [-0.2, 0) is 6.42 Å². The summed E-state index contributed by atoms with van der Waals surface area (Å²) in [4.78, 5) is 13.7. The fraction of sp³-hybridized carbons (Fsp3) is 0.400. The SMILES string of the molecule is Nc1cc(C2CCc3cccnc32)nc(C2CC2)n1. The summed E-state index contributed by atoms with van der Waals surface area (Å²) in [6.45, 7) is 0. The van der Waals surface area contributed by atoms with E-state index in [4.69, 9.17) is 10.7 Å². The first-order valence-electron chi connectivity index (χ1n) is 6.89. The average Bonchev–Trinajstić information content (AvgIpc) is 3.18. The van der Waals surface area contributed by atoms with E-state index in [9.17, 15) is 0 Å². The second-order valence-electron chi connectivity index (χ2n) is 5.49. The molecule has 0 saturated heterocycles. The van der Waals surface area contributed by atoms with E-state index in [0.29, 0.717) is 17.7 Å². The average molecular weight is 252 g/mol. The van der Waals surface area contributed by atoms with Crippen LogP contribution in [0, 0.1) is 0 Å². The first-order valence-corrected chi connectivity index (χ1v) is 6.89. The zero-order valence-electron chi connectivity index (χ0n) is 10.7. The molecule has 4 rings (SSSR count). The molecular formula is C15H16N4. The molecule has 0 bridgehead atoms. The van der Waals surface area contributed by atoms with E-state index < -0.39 is 0 Å². The summed E-state index contributed by atoms with van der Waals surface area (Å²) in [5.74, 6) is 2.35. The van der Waals surface area contributed by atoms with Crippen LogP contribution in [-0.4, -0.2) is 15.0 Å². The Balaban J connectivity index is 1.77. The third-order valence-corrected chi connectivity index (χ3v) is 4.04. The van der Waals surface area contributed by atoms with Gasteiger partial charge in [-0.05, 0) is 37.3 Å². The van der Waals surface area contributed by atoms with Gasteiger partial charge in [0.2, 0.25) is 0 Å². The lowest BCUT2D eigenvalue weighted by Gasteiger charge is -2.12. The zero-order chi connectivity index (χ0) is 12.8. The number of hydrogen-bond donors (Lipinski definition) is 1. The molecule has 0 amide bonds. The van der Waals surface area contributed by atoms with Crippen molar-refractivity contribution < 1.29 is 0 Å². The summed E-state index contributed by atoms with van der Waals surface area (Å²) < 4.78 is 0. The molecule has 2 N–H and O–H groups in total. The van der Waals surface area contributed by atoms with Crippen molar-refractivity contribution in [1.29, 1.82) is 0 Å². The number of hydrogen-bond acceptors (Lipinski definition) is 4. The minimum absolute atomic E-state index is 0.291. The first kappa shape index (κ1) is 10.9. The van der Waals surface area contributed by atoms with Crippen molar-refractivity contribution in [2.24, 2.45) is 0 Å². The van der Waals surface area contributed by atoms with Crippen molar-refractivity contribution in [1.82, 2.24) is 15.0 Å². The molecule has 1 unspecified atom stereocenters. The summed E-state index contributed by atoms with van der Waals surface area (Å²) in [6.07, 6.45) is 6.41. The number of rotatable bonds is 2. The maximum atomic E-state index is 5.94. The highest BCUT2D eigenvalue weighted by Gasteiger charge is 2.30. The molecule has 2 aliphatic carbocycles. The lowest BCUT2D eigenvalue weighted by molar-refractivity contribution is 0.729. The number of nitrogens with zero attached hydrogens (tertiary/aromatic N) is 3. The predicted octanol–water partition coefficient (Wildman–Crippen LogP) is 2.41. The molecule has 19 heavy (non-hydrogen) atoms. The highest BCUT2D eigenvalue weighted by molar-refractivity contribution is 5.40. The molecule has 2 aromatic heterocycles. The van der Waals surface area contributed by atoms with Crippen LogP contribution in [0.5, 0.6) is 0 Å². The van der Waals surface area contributed by atoms with Gasteiger partial charge in [-0.25, -0.2) is 9.97 Å². The Morgan fingerprint density at radius 2 is 2.05 bits per heavy atom. The Morgan fingerprint density at radius 3 is 2.89 bits per heavy atom. The second-order valence-corrected chi connectivity index (χ2v) is 5.49. The highest BCUT2D eigenvalue weighted by atomic mass is 15.0. The van der Waals surface area contributed by atoms with Crippen LogP contribution in [0.1, 0.15) is 53.9 Å². The molecule has 1 atom stereocenters. The van der Waals surface area contributed by atoms with Gasteiger partial charge >= 0.3 is 0 Å². The van der Waals surface area contributed by atoms with E-state index >= 15 is 0 Å². The summed E-state index contributed by atoms with van der Waals surface area (Å²) in [7, 11) is 0. The van der Waals surface area contributed by atoms with E-state index in [1.54, 1.807) is 0 Å². The van der Waals surface area contributed by atoms with Crippen molar-refractivity contribution in [2.75, 3.05) is 5.73 Å². The molecule has 0 aliphatic heterocycles. The molecule has 4 nitrogen and oxygen atoms in total. The number of pyridine rings is 1. The topological polar surface area (TPSA) is 64.7 Å². The number of nitrogens with two attached hydrogens (primary N) is 1. The number of nitrogen functional groups attached to an aromatic ring is 1. The van der Waals surface area contributed by atoms with Gasteiger partial charge in [-0.2, -0.15) is 0 Å². The standard InChI is InChI=1S/C15H16N4/c16-13-8-12(18-15(19-13)10-3-4-10)11-6-5-9-2-1-7-17-14(9)11/h1-2,7-8,10-11H,3-6H2,(H2,16,18,19). The molecule has 1 saturated carbocycles. The lowest BCUT2D eigenvalue weighted by atomic mass is 10.0. The second kappa shape index (κ2) is 4.02. The molecule has 0 radical (unpaired) electrons. The lowest BCUT2D eigenvalue weighted by Crippen LogP contribution is -2.07. The van der Waals surface area contributed by atoms with Gasteiger partial charge in [0, 0.05) is 24.1 Å². The molecule has 4 heteroatoms. The number of fused-ring (bicyclic) bond motifs is 1. The maximum absolute atomic E-state index is 5.94. The van der Waals surface area contributed by atoms with Crippen LogP contribution in [0.3, 0.4) is 0 Å². The summed E-state index contributed by atoms with van der Waals surface area (Å²) in [5.41, 5.74) is 9.50. The number of aryl methyl sites for hydroxylation is 1. The molecule has 2 aromatic rings. The van der Waals surface area contributed by atoms with Gasteiger partial charge in [-0.1, -0.05) is 6.07 Å². The normalized spacial score (nSPS) is 21.4. The van der Waals surface area contributed by atoms with Gasteiger partial charge < -0.3 is 5.73 Å².